The number of aromatic nitrogens is 2. The van der Waals surface area contributed by atoms with Gasteiger partial charge in [0.05, 0.1) is 18.8 Å². The third kappa shape index (κ3) is 3.70. The molecule has 1 saturated heterocycles. The second-order valence-electron chi connectivity index (χ2n) is 4.98. The average Bonchev–Trinajstić information content (AvgIpc) is 2.87. The highest BCUT2D eigenvalue weighted by Gasteiger charge is 2.24. The van der Waals surface area contributed by atoms with E-state index in [0.29, 0.717) is 6.54 Å². The first-order chi connectivity index (χ1) is 8.90. The fourth-order valence-electron chi connectivity index (χ4n) is 2.37. The molecule has 5 nitrogen and oxygen atoms in total. The Bertz CT molecular complexity index is 541. The molecule has 0 N–H and O–H groups in total. The van der Waals surface area contributed by atoms with E-state index in [0.717, 1.165) is 31.5 Å². The highest BCUT2D eigenvalue weighted by atomic mass is 35.7. The second kappa shape index (κ2) is 5.81. The SMILES string of the molecule is CCCc1nc(S(=O)(=O)Cl)cn1CC1CCC(C)O1. The highest BCUT2D eigenvalue weighted by molar-refractivity contribution is 8.13. The first kappa shape index (κ1) is 14.8. The third-order valence-electron chi connectivity index (χ3n) is 3.28. The molecule has 0 bridgehead atoms. The van der Waals surface area contributed by atoms with E-state index in [1.165, 1.54) is 6.20 Å². The lowest BCUT2D eigenvalue weighted by molar-refractivity contribution is 0.0452. The Morgan fingerprint density at radius 1 is 1.53 bits per heavy atom. The van der Waals surface area contributed by atoms with Crippen LogP contribution in [0.4, 0.5) is 0 Å². The molecule has 19 heavy (non-hydrogen) atoms. The van der Waals surface area contributed by atoms with Gasteiger partial charge < -0.3 is 9.30 Å². The van der Waals surface area contributed by atoms with Crippen LogP contribution in [-0.4, -0.2) is 30.2 Å². The fourth-order valence-corrected chi connectivity index (χ4v) is 3.06. The Labute approximate surface area is 118 Å². The second-order valence-corrected chi connectivity index (χ2v) is 7.49. The summed E-state index contributed by atoms with van der Waals surface area (Å²) in [4.78, 5) is 4.12. The topological polar surface area (TPSA) is 61.2 Å². The Kier molecular flexibility index (Phi) is 4.53. The largest absolute Gasteiger partial charge is 0.373 e. The zero-order valence-corrected chi connectivity index (χ0v) is 12.7. The van der Waals surface area contributed by atoms with Crippen LogP contribution in [0.25, 0.3) is 0 Å². The van der Waals surface area contributed by atoms with Crippen LogP contribution in [0.15, 0.2) is 11.2 Å². The summed E-state index contributed by atoms with van der Waals surface area (Å²) in [6.45, 7) is 4.72. The van der Waals surface area contributed by atoms with Crippen LogP contribution in [-0.2, 0) is 26.8 Å². The molecule has 2 unspecified atom stereocenters. The Balaban J connectivity index is 2.20. The summed E-state index contributed by atoms with van der Waals surface area (Å²) < 4.78 is 30.3. The Hall–Kier alpha value is -0.590. The third-order valence-corrected chi connectivity index (χ3v) is 4.45. The van der Waals surface area contributed by atoms with Crippen molar-refractivity contribution in [1.29, 1.82) is 0 Å². The first-order valence-electron chi connectivity index (χ1n) is 6.56. The predicted molar refractivity (Wildman–Crippen MR) is 72.8 cm³/mol. The number of ether oxygens (including phenoxy) is 1. The molecule has 0 amide bonds. The molecule has 1 aliphatic heterocycles. The van der Waals surface area contributed by atoms with Crippen molar-refractivity contribution in [3.8, 4) is 0 Å². The Morgan fingerprint density at radius 2 is 2.26 bits per heavy atom. The summed E-state index contributed by atoms with van der Waals surface area (Å²) in [6.07, 6.45) is 5.59. The first-order valence-corrected chi connectivity index (χ1v) is 8.87. The van der Waals surface area contributed by atoms with Gasteiger partial charge in [-0.2, -0.15) is 0 Å². The minimum Gasteiger partial charge on any atom is -0.373 e. The molecule has 1 aromatic rings. The molecule has 0 aromatic carbocycles. The standard InChI is InChI=1S/C12H19ClN2O3S/c1-3-4-11-14-12(19(13,16)17)8-15(11)7-10-6-5-9(2)18-10/h8-10H,3-7H2,1-2H3. The Morgan fingerprint density at radius 3 is 2.79 bits per heavy atom. The molecule has 0 saturated carbocycles. The lowest BCUT2D eigenvalue weighted by Gasteiger charge is -2.13. The van der Waals surface area contributed by atoms with Crippen molar-refractivity contribution in [2.75, 3.05) is 0 Å². The van der Waals surface area contributed by atoms with E-state index in [4.69, 9.17) is 15.4 Å². The van der Waals surface area contributed by atoms with Gasteiger partial charge in [-0.25, -0.2) is 13.4 Å². The van der Waals surface area contributed by atoms with Crippen molar-refractivity contribution >= 4 is 19.7 Å². The molecule has 1 aromatic heterocycles. The van der Waals surface area contributed by atoms with Gasteiger partial charge in [-0.1, -0.05) is 6.92 Å². The van der Waals surface area contributed by atoms with Gasteiger partial charge in [-0.3, -0.25) is 0 Å². The average molecular weight is 307 g/mol. The monoisotopic (exact) mass is 306 g/mol. The normalized spacial score (nSPS) is 23.9. The molecule has 108 valence electrons. The van der Waals surface area contributed by atoms with Crippen molar-refractivity contribution in [3.63, 3.8) is 0 Å². The van der Waals surface area contributed by atoms with Gasteiger partial charge >= 0.3 is 0 Å². The van der Waals surface area contributed by atoms with Crippen molar-refractivity contribution in [2.45, 2.75) is 63.3 Å². The van der Waals surface area contributed by atoms with Gasteiger partial charge in [0.15, 0.2) is 5.03 Å². The smallest absolute Gasteiger partial charge is 0.280 e. The number of rotatable bonds is 5. The number of aryl methyl sites for hydroxylation is 1. The molecule has 0 radical (unpaired) electrons. The molecule has 1 fully saturated rings. The summed E-state index contributed by atoms with van der Waals surface area (Å²) in [7, 11) is 1.58. The zero-order chi connectivity index (χ0) is 14.0. The van der Waals surface area contributed by atoms with E-state index >= 15 is 0 Å². The molecule has 0 aliphatic carbocycles. The van der Waals surface area contributed by atoms with Gasteiger partial charge in [0, 0.05) is 23.3 Å². The number of imidazole rings is 1. The van der Waals surface area contributed by atoms with Crippen LogP contribution in [0, 0.1) is 0 Å². The quantitative estimate of drug-likeness (QED) is 0.783. The predicted octanol–water partition coefficient (Wildman–Crippen LogP) is 2.33. The van der Waals surface area contributed by atoms with E-state index in [1.807, 2.05) is 11.5 Å². The van der Waals surface area contributed by atoms with Gasteiger partial charge in [-0.05, 0) is 26.2 Å². The van der Waals surface area contributed by atoms with Crippen molar-refractivity contribution in [2.24, 2.45) is 0 Å². The van der Waals surface area contributed by atoms with Crippen LogP contribution in [0.1, 0.15) is 38.9 Å². The molecule has 0 spiro atoms. The van der Waals surface area contributed by atoms with Gasteiger partial charge in [-0.15, -0.1) is 0 Å². The van der Waals surface area contributed by atoms with Gasteiger partial charge in [0.2, 0.25) is 0 Å². The highest BCUT2D eigenvalue weighted by Crippen LogP contribution is 2.22. The minimum absolute atomic E-state index is 0.0661. The molecule has 1 aliphatic rings. The molecular formula is C12H19ClN2O3S. The van der Waals surface area contributed by atoms with E-state index < -0.39 is 9.05 Å². The van der Waals surface area contributed by atoms with E-state index in [2.05, 4.69) is 11.9 Å². The molecule has 7 heteroatoms. The maximum Gasteiger partial charge on any atom is 0.280 e. The van der Waals surface area contributed by atoms with Crippen molar-refractivity contribution < 1.29 is 13.2 Å². The number of halogens is 1. The van der Waals surface area contributed by atoms with Crippen molar-refractivity contribution in [3.05, 3.63) is 12.0 Å². The van der Waals surface area contributed by atoms with Crippen LogP contribution in [0.2, 0.25) is 0 Å². The summed E-state index contributed by atoms with van der Waals surface area (Å²) in [5.41, 5.74) is 0. The minimum atomic E-state index is -3.77. The van der Waals surface area contributed by atoms with Crippen LogP contribution in [0.5, 0.6) is 0 Å². The summed E-state index contributed by atoms with van der Waals surface area (Å²) in [5.74, 6) is 0.755. The van der Waals surface area contributed by atoms with E-state index in [1.54, 1.807) is 0 Å². The summed E-state index contributed by atoms with van der Waals surface area (Å²) in [5, 5.41) is -0.0661. The summed E-state index contributed by atoms with van der Waals surface area (Å²) >= 11 is 0. The molecule has 2 atom stereocenters. The maximum absolute atomic E-state index is 11.4. The van der Waals surface area contributed by atoms with Crippen molar-refractivity contribution in [1.82, 2.24) is 9.55 Å². The van der Waals surface area contributed by atoms with E-state index in [9.17, 15) is 8.42 Å². The molecular weight excluding hydrogens is 288 g/mol. The lowest BCUT2D eigenvalue weighted by Crippen LogP contribution is -2.17. The maximum atomic E-state index is 11.4. The molecule has 2 heterocycles. The van der Waals surface area contributed by atoms with Crippen LogP contribution < -0.4 is 0 Å². The van der Waals surface area contributed by atoms with Crippen LogP contribution in [0.3, 0.4) is 0 Å². The number of hydrogen-bond donors (Lipinski definition) is 0. The lowest BCUT2D eigenvalue weighted by atomic mass is 10.2. The van der Waals surface area contributed by atoms with E-state index in [-0.39, 0.29) is 17.2 Å². The number of nitrogens with zero attached hydrogens (tertiary/aromatic N) is 2. The number of hydrogen-bond acceptors (Lipinski definition) is 4. The van der Waals surface area contributed by atoms with Gasteiger partial charge in [0.1, 0.15) is 5.82 Å². The van der Waals surface area contributed by atoms with Gasteiger partial charge in [0.25, 0.3) is 9.05 Å². The van der Waals surface area contributed by atoms with Crippen LogP contribution >= 0.6 is 10.7 Å². The summed E-state index contributed by atoms with van der Waals surface area (Å²) in [6, 6.07) is 0. The molecule has 2 rings (SSSR count). The fraction of sp³-hybridized carbons (Fsp3) is 0.750. The zero-order valence-electron chi connectivity index (χ0n) is 11.2.